The van der Waals surface area contributed by atoms with E-state index >= 15 is 0 Å². The number of nitro groups is 1. The molecule has 0 amide bonds. The average Bonchev–Trinajstić information content (AvgIpc) is 2.67. The van der Waals surface area contributed by atoms with Gasteiger partial charge >= 0.3 is 0 Å². The fourth-order valence-corrected chi connectivity index (χ4v) is 3.96. The Bertz CT molecular complexity index is 823. The molecule has 0 saturated heterocycles. The first kappa shape index (κ1) is 19.5. The Morgan fingerprint density at radius 1 is 1.26 bits per heavy atom. The van der Waals surface area contributed by atoms with Crippen LogP contribution in [0.3, 0.4) is 0 Å². The Kier molecular flexibility index (Phi) is 6.23. The molecule has 1 aliphatic rings. The smallest absolute Gasteiger partial charge is 0.287 e. The van der Waals surface area contributed by atoms with Crippen LogP contribution in [-0.2, 0) is 5.41 Å². The van der Waals surface area contributed by atoms with Crippen molar-refractivity contribution in [3.63, 3.8) is 0 Å². The van der Waals surface area contributed by atoms with Crippen molar-refractivity contribution < 1.29 is 4.92 Å². The van der Waals surface area contributed by atoms with Crippen molar-refractivity contribution in [3.05, 3.63) is 63.3 Å². The minimum Gasteiger partial charge on any atom is -0.362 e. The Hall–Kier alpha value is -2.25. The predicted molar refractivity (Wildman–Crippen MR) is 111 cm³/mol. The van der Waals surface area contributed by atoms with Gasteiger partial charge in [0.05, 0.1) is 4.92 Å². The molecule has 1 aromatic heterocycles. The van der Waals surface area contributed by atoms with E-state index in [1.54, 1.807) is 6.07 Å². The molecule has 0 radical (unpaired) electrons. The lowest BCUT2D eigenvalue weighted by Crippen LogP contribution is -2.43. The SMILES string of the molecule is O=[N+]([O-])c1ccc(NC(=S)NCC2(c3cccc(Cl)c3)CCCCC2)nc1. The highest BCUT2D eigenvalue weighted by Crippen LogP contribution is 2.39. The van der Waals surface area contributed by atoms with E-state index in [1.807, 2.05) is 18.2 Å². The van der Waals surface area contributed by atoms with E-state index in [0.717, 1.165) is 17.9 Å². The molecule has 1 fully saturated rings. The van der Waals surface area contributed by atoms with E-state index < -0.39 is 4.92 Å². The predicted octanol–water partition coefficient (Wildman–Crippen LogP) is 4.83. The summed E-state index contributed by atoms with van der Waals surface area (Å²) in [6.07, 6.45) is 6.98. The molecule has 3 rings (SSSR count). The third kappa shape index (κ3) is 4.93. The maximum Gasteiger partial charge on any atom is 0.287 e. The maximum atomic E-state index is 10.7. The first-order valence-electron chi connectivity index (χ1n) is 8.90. The quantitative estimate of drug-likeness (QED) is 0.422. The lowest BCUT2D eigenvalue weighted by molar-refractivity contribution is -0.385. The molecule has 27 heavy (non-hydrogen) atoms. The molecule has 0 spiro atoms. The standard InChI is InChI=1S/C19H21ClN4O2S/c20-15-6-4-5-14(11-15)19(9-2-1-3-10-19)13-22-18(27)23-17-8-7-16(12-21-17)24(25)26/h4-8,11-12H,1-3,9-10,13H2,(H2,21,22,23,27). The van der Waals surface area contributed by atoms with Gasteiger partial charge in [-0.15, -0.1) is 0 Å². The Morgan fingerprint density at radius 2 is 2.04 bits per heavy atom. The topological polar surface area (TPSA) is 80.1 Å². The van der Waals surface area contributed by atoms with Crippen LogP contribution in [0.4, 0.5) is 11.5 Å². The molecule has 8 heteroatoms. The van der Waals surface area contributed by atoms with Gasteiger partial charge in [-0.3, -0.25) is 10.1 Å². The van der Waals surface area contributed by atoms with E-state index in [-0.39, 0.29) is 11.1 Å². The minimum atomic E-state index is -0.481. The summed E-state index contributed by atoms with van der Waals surface area (Å²) < 4.78 is 0. The van der Waals surface area contributed by atoms with Gasteiger partial charge in [0.15, 0.2) is 5.11 Å². The van der Waals surface area contributed by atoms with Crippen LogP contribution in [0.2, 0.25) is 5.02 Å². The summed E-state index contributed by atoms with van der Waals surface area (Å²) in [4.78, 5) is 14.2. The number of pyridine rings is 1. The Labute approximate surface area is 168 Å². The zero-order chi connectivity index (χ0) is 19.3. The van der Waals surface area contributed by atoms with Gasteiger partial charge < -0.3 is 10.6 Å². The molecule has 1 heterocycles. The molecular formula is C19H21ClN4O2S. The second kappa shape index (κ2) is 8.63. The minimum absolute atomic E-state index is 0.00219. The lowest BCUT2D eigenvalue weighted by Gasteiger charge is -2.38. The zero-order valence-electron chi connectivity index (χ0n) is 14.8. The van der Waals surface area contributed by atoms with Crippen LogP contribution in [0.25, 0.3) is 0 Å². The average molecular weight is 405 g/mol. The third-order valence-corrected chi connectivity index (χ3v) is 5.52. The largest absolute Gasteiger partial charge is 0.362 e. The lowest BCUT2D eigenvalue weighted by atomic mass is 9.69. The van der Waals surface area contributed by atoms with Crippen molar-refractivity contribution in [1.29, 1.82) is 0 Å². The highest BCUT2D eigenvalue weighted by Gasteiger charge is 2.34. The molecule has 2 aromatic rings. The second-order valence-corrected chi connectivity index (χ2v) is 7.66. The van der Waals surface area contributed by atoms with E-state index in [9.17, 15) is 10.1 Å². The van der Waals surface area contributed by atoms with E-state index in [1.165, 1.54) is 37.1 Å². The summed E-state index contributed by atoms with van der Waals surface area (Å²) in [5, 5.41) is 18.2. The summed E-state index contributed by atoms with van der Waals surface area (Å²) in [6.45, 7) is 0.701. The number of hydrogen-bond acceptors (Lipinski definition) is 4. The van der Waals surface area contributed by atoms with Crippen molar-refractivity contribution in [2.24, 2.45) is 0 Å². The first-order valence-corrected chi connectivity index (χ1v) is 9.68. The molecule has 2 N–H and O–H groups in total. The van der Waals surface area contributed by atoms with E-state index in [0.29, 0.717) is 17.5 Å². The van der Waals surface area contributed by atoms with E-state index in [4.69, 9.17) is 23.8 Å². The molecule has 142 valence electrons. The summed E-state index contributed by atoms with van der Waals surface area (Å²) in [5.74, 6) is 0.471. The molecule has 1 aromatic carbocycles. The van der Waals surface area contributed by atoms with Crippen molar-refractivity contribution >= 4 is 40.4 Å². The fourth-order valence-electron chi connectivity index (χ4n) is 3.59. The molecular weight excluding hydrogens is 384 g/mol. The molecule has 0 bridgehead atoms. The fraction of sp³-hybridized carbons (Fsp3) is 0.368. The normalized spacial score (nSPS) is 15.7. The molecule has 0 unspecified atom stereocenters. The number of aromatic nitrogens is 1. The van der Waals surface area contributed by atoms with Gasteiger partial charge in [0, 0.05) is 23.0 Å². The van der Waals surface area contributed by atoms with Crippen LogP contribution in [0.1, 0.15) is 37.7 Å². The number of hydrogen-bond donors (Lipinski definition) is 2. The van der Waals surface area contributed by atoms with Crippen molar-refractivity contribution in [2.75, 3.05) is 11.9 Å². The number of thiocarbonyl (C=S) groups is 1. The first-order chi connectivity index (χ1) is 13.0. The van der Waals surface area contributed by atoms with Crippen LogP contribution in [0.5, 0.6) is 0 Å². The second-order valence-electron chi connectivity index (χ2n) is 6.82. The molecule has 1 aliphatic carbocycles. The van der Waals surface area contributed by atoms with Gasteiger partial charge in [-0.05, 0) is 48.8 Å². The van der Waals surface area contributed by atoms with Gasteiger partial charge in [0.2, 0.25) is 0 Å². The van der Waals surface area contributed by atoms with Crippen molar-refractivity contribution in [3.8, 4) is 0 Å². The summed E-state index contributed by atoms with van der Waals surface area (Å²) in [6, 6.07) is 11.0. The number of nitrogens with one attached hydrogen (secondary N) is 2. The summed E-state index contributed by atoms with van der Waals surface area (Å²) in [7, 11) is 0. The number of anilines is 1. The number of benzene rings is 1. The zero-order valence-corrected chi connectivity index (χ0v) is 16.4. The van der Waals surface area contributed by atoms with Crippen molar-refractivity contribution in [2.45, 2.75) is 37.5 Å². The van der Waals surface area contributed by atoms with Crippen LogP contribution in [0.15, 0.2) is 42.6 Å². The molecule has 0 aliphatic heterocycles. The van der Waals surface area contributed by atoms with E-state index in [2.05, 4.69) is 21.7 Å². The number of rotatable bonds is 5. The van der Waals surface area contributed by atoms with Gasteiger partial charge in [0.25, 0.3) is 5.69 Å². The Balaban J connectivity index is 1.66. The third-order valence-electron chi connectivity index (χ3n) is 5.04. The molecule has 0 atom stereocenters. The van der Waals surface area contributed by atoms with Crippen molar-refractivity contribution in [1.82, 2.24) is 10.3 Å². The van der Waals surface area contributed by atoms with Crippen LogP contribution in [-0.4, -0.2) is 21.6 Å². The summed E-state index contributed by atoms with van der Waals surface area (Å²) >= 11 is 11.6. The molecule has 6 nitrogen and oxygen atoms in total. The van der Waals surface area contributed by atoms with Gasteiger partial charge in [-0.2, -0.15) is 0 Å². The van der Waals surface area contributed by atoms with Crippen LogP contribution >= 0.6 is 23.8 Å². The maximum absolute atomic E-state index is 10.7. The highest BCUT2D eigenvalue weighted by molar-refractivity contribution is 7.80. The Morgan fingerprint density at radius 3 is 2.67 bits per heavy atom. The monoisotopic (exact) mass is 404 g/mol. The van der Waals surface area contributed by atoms with Gasteiger partial charge in [0.1, 0.15) is 12.0 Å². The highest BCUT2D eigenvalue weighted by atomic mass is 35.5. The molecule has 1 saturated carbocycles. The van der Waals surface area contributed by atoms with Gasteiger partial charge in [-0.25, -0.2) is 4.98 Å². The van der Waals surface area contributed by atoms with Crippen LogP contribution in [0, 0.1) is 10.1 Å². The number of nitrogens with zero attached hydrogens (tertiary/aromatic N) is 2. The van der Waals surface area contributed by atoms with Gasteiger partial charge in [-0.1, -0.05) is 43.0 Å². The number of halogens is 1. The summed E-state index contributed by atoms with van der Waals surface area (Å²) in [5.41, 5.74) is 1.18. The van der Waals surface area contributed by atoms with Crippen LogP contribution < -0.4 is 10.6 Å².